The SMILES string of the molecule is CC(=O)c1csc(-c2ccc(C)c(C)c2)c1O. The van der Waals surface area contributed by atoms with E-state index < -0.39 is 0 Å². The zero-order valence-corrected chi connectivity index (χ0v) is 10.9. The van der Waals surface area contributed by atoms with Gasteiger partial charge in [0.25, 0.3) is 0 Å². The van der Waals surface area contributed by atoms with Crippen LogP contribution >= 0.6 is 11.3 Å². The van der Waals surface area contributed by atoms with Crippen LogP contribution in [-0.4, -0.2) is 10.9 Å². The molecule has 0 unspecified atom stereocenters. The van der Waals surface area contributed by atoms with E-state index in [4.69, 9.17) is 0 Å². The lowest BCUT2D eigenvalue weighted by atomic mass is 10.0. The van der Waals surface area contributed by atoms with Gasteiger partial charge in [0.05, 0.1) is 10.4 Å². The Labute approximate surface area is 105 Å². The number of ketones is 1. The van der Waals surface area contributed by atoms with E-state index in [1.54, 1.807) is 5.38 Å². The van der Waals surface area contributed by atoms with Crippen LogP contribution in [0.15, 0.2) is 23.6 Å². The highest BCUT2D eigenvalue weighted by Gasteiger charge is 2.15. The molecule has 2 nitrogen and oxygen atoms in total. The van der Waals surface area contributed by atoms with E-state index in [0.29, 0.717) is 5.56 Å². The van der Waals surface area contributed by atoms with E-state index >= 15 is 0 Å². The van der Waals surface area contributed by atoms with Crippen molar-refractivity contribution < 1.29 is 9.90 Å². The van der Waals surface area contributed by atoms with Crippen molar-refractivity contribution in [1.82, 2.24) is 0 Å². The predicted molar refractivity (Wildman–Crippen MR) is 70.9 cm³/mol. The van der Waals surface area contributed by atoms with Gasteiger partial charge >= 0.3 is 0 Å². The molecule has 88 valence electrons. The third kappa shape index (κ3) is 2.11. The molecule has 0 bridgehead atoms. The first-order valence-electron chi connectivity index (χ1n) is 5.39. The first-order chi connectivity index (χ1) is 8.00. The van der Waals surface area contributed by atoms with Crippen molar-refractivity contribution in [2.24, 2.45) is 0 Å². The van der Waals surface area contributed by atoms with Gasteiger partial charge in [-0.2, -0.15) is 0 Å². The standard InChI is InChI=1S/C14H14O2S/c1-8-4-5-11(6-9(8)2)14-13(16)12(7-17-14)10(3)15/h4-7,16H,1-3H3. The summed E-state index contributed by atoms with van der Waals surface area (Å²) in [6, 6.07) is 6.03. The average Bonchev–Trinajstić information content (AvgIpc) is 2.64. The molecule has 0 aliphatic carbocycles. The van der Waals surface area contributed by atoms with Gasteiger partial charge in [-0.05, 0) is 37.5 Å². The predicted octanol–water partition coefficient (Wildman–Crippen LogP) is 3.94. The van der Waals surface area contributed by atoms with Crippen LogP contribution in [-0.2, 0) is 0 Å². The van der Waals surface area contributed by atoms with Crippen LogP contribution in [0.4, 0.5) is 0 Å². The maximum absolute atomic E-state index is 11.3. The summed E-state index contributed by atoms with van der Waals surface area (Å²) in [5.41, 5.74) is 3.77. The molecule has 0 saturated carbocycles. The molecule has 2 aromatic rings. The van der Waals surface area contributed by atoms with E-state index in [1.807, 2.05) is 32.0 Å². The van der Waals surface area contributed by atoms with Crippen LogP contribution in [0, 0.1) is 13.8 Å². The zero-order valence-electron chi connectivity index (χ0n) is 10.1. The molecule has 0 aliphatic heterocycles. The van der Waals surface area contributed by atoms with Gasteiger partial charge in [-0.3, -0.25) is 4.79 Å². The summed E-state index contributed by atoms with van der Waals surface area (Å²) in [7, 11) is 0. The second kappa shape index (κ2) is 4.34. The fraction of sp³-hybridized carbons (Fsp3) is 0.214. The molecule has 0 fully saturated rings. The van der Waals surface area contributed by atoms with E-state index in [2.05, 4.69) is 0 Å². The molecule has 0 atom stereocenters. The molecule has 0 aliphatic rings. The van der Waals surface area contributed by atoms with Gasteiger partial charge < -0.3 is 5.11 Å². The van der Waals surface area contributed by atoms with Gasteiger partial charge in [-0.15, -0.1) is 11.3 Å². The van der Waals surface area contributed by atoms with Crippen LogP contribution in [0.1, 0.15) is 28.4 Å². The Morgan fingerprint density at radius 3 is 2.47 bits per heavy atom. The van der Waals surface area contributed by atoms with Crippen molar-refractivity contribution in [3.05, 3.63) is 40.3 Å². The van der Waals surface area contributed by atoms with Gasteiger partial charge in [0.15, 0.2) is 5.78 Å². The van der Waals surface area contributed by atoms with Gasteiger partial charge in [0.1, 0.15) is 5.75 Å². The third-order valence-corrected chi connectivity index (χ3v) is 3.93. The molecule has 0 saturated heterocycles. The highest BCUT2D eigenvalue weighted by Crippen LogP contribution is 2.39. The number of aromatic hydroxyl groups is 1. The lowest BCUT2D eigenvalue weighted by molar-refractivity contribution is 0.101. The topological polar surface area (TPSA) is 37.3 Å². The Bertz CT molecular complexity index is 582. The molecule has 3 heteroatoms. The van der Waals surface area contributed by atoms with E-state index in [9.17, 15) is 9.90 Å². The number of thiophene rings is 1. The van der Waals surface area contributed by atoms with E-state index in [0.717, 1.165) is 10.4 Å². The highest BCUT2D eigenvalue weighted by molar-refractivity contribution is 7.14. The maximum Gasteiger partial charge on any atom is 0.164 e. The molecule has 0 radical (unpaired) electrons. The Balaban J connectivity index is 2.53. The summed E-state index contributed by atoms with van der Waals surface area (Å²) in [4.78, 5) is 12.0. The summed E-state index contributed by atoms with van der Waals surface area (Å²) >= 11 is 1.40. The van der Waals surface area contributed by atoms with Crippen molar-refractivity contribution in [2.75, 3.05) is 0 Å². The molecule has 1 aromatic heterocycles. The number of carbonyl (C=O) groups excluding carboxylic acids is 1. The monoisotopic (exact) mass is 246 g/mol. The molecule has 1 aromatic carbocycles. The number of Topliss-reactive ketones (excluding diaryl/α,β-unsaturated/α-hetero) is 1. The van der Waals surface area contributed by atoms with Gasteiger partial charge in [-0.1, -0.05) is 18.2 Å². The lowest BCUT2D eigenvalue weighted by Crippen LogP contribution is -1.88. The largest absolute Gasteiger partial charge is 0.506 e. The maximum atomic E-state index is 11.3. The minimum absolute atomic E-state index is 0.103. The summed E-state index contributed by atoms with van der Waals surface area (Å²) < 4.78 is 0. The van der Waals surface area contributed by atoms with Gasteiger partial charge in [0.2, 0.25) is 0 Å². The summed E-state index contributed by atoms with van der Waals surface area (Å²) in [5, 5.41) is 11.7. The summed E-state index contributed by atoms with van der Waals surface area (Å²) in [6.45, 7) is 5.55. The fourth-order valence-corrected chi connectivity index (χ4v) is 2.69. The normalized spacial score (nSPS) is 10.5. The second-order valence-corrected chi connectivity index (χ2v) is 5.06. The zero-order chi connectivity index (χ0) is 12.6. The number of aryl methyl sites for hydroxylation is 2. The minimum Gasteiger partial charge on any atom is -0.506 e. The first-order valence-corrected chi connectivity index (χ1v) is 6.27. The van der Waals surface area contributed by atoms with E-state index in [-0.39, 0.29) is 11.5 Å². The van der Waals surface area contributed by atoms with Crippen LogP contribution in [0.25, 0.3) is 10.4 Å². The van der Waals surface area contributed by atoms with Crippen LogP contribution in [0.2, 0.25) is 0 Å². The van der Waals surface area contributed by atoms with Crippen LogP contribution in [0.3, 0.4) is 0 Å². The quantitative estimate of drug-likeness (QED) is 0.815. The molecular formula is C14H14O2S. The summed E-state index contributed by atoms with van der Waals surface area (Å²) in [5.74, 6) is -0.000383. The molecule has 0 spiro atoms. The molecule has 0 amide bonds. The number of hydrogen-bond acceptors (Lipinski definition) is 3. The average molecular weight is 246 g/mol. The summed E-state index contributed by atoms with van der Waals surface area (Å²) in [6.07, 6.45) is 0. The first kappa shape index (κ1) is 11.9. The Kier molecular flexibility index (Phi) is 3.03. The number of benzene rings is 1. The Morgan fingerprint density at radius 2 is 1.94 bits per heavy atom. The smallest absolute Gasteiger partial charge is 0.164 e. The van der Waals surface area contributed by atoms with Gasteiger partial charge in [0, 0.05) is 5.38 Å². The number of hydrogen-bond donors (Lipinski definition) is 1. The van der Waals surface area contributed by atoms with E-state index in [1.165, 1.54) is 29.4 Å². The van der Waals surface area contributed by atoms with Crippen molar-refractivity contribution >= 4 is 17.1 Å². The lowest BCUT2D eigenvalue weighted by Gasteiger charge is -2.04. The fourth-order valence-electron chi connectivity index (χ4n) is 1.69. The Morgan fingerprint density at radius 1 is 1.24 bits per heavy atom. The van der Waals surface area contributed by atoms with Crippen LogP contribution in [0.5, 0.6) is 5.75 Å². The Hall–Kier alpha value is -1.61. The molecular weight excluding hydrogens is 232 g/mol. The minimum atomic E-state index is -0.103. The molecule has 2 rings (SSSR count). The van der Waals surface area contributed by atoms with Crippen molar-refractivity contribution in [1.29, 1.82) is 0 Å². The van der Waals surface area contributed by atoms with Crippen molar-refractivity contribution in [3.8, 4) is 16.2 Å². The number of carbonyl (C=O) groups is 1. The van der Waals surface area contributed by atoms with Crippen LogP contribution < -0.4 is 0 Å². The van der Waals surface area contributed by atoms with Gasteiger partial charge in [-0.25, -0.2) is 0 Å². The van der Waals surface area contributed by atoms with Crippen molar-refractivity contribution in [3.63, 3.8) is 0 Å². The third-order valence-electron chi connectivity index (χ3n) is 2.91. The highest BCUT2D eigenvalue weighted by atomic mass is 32.1. The van der Waals surface area contributed by atoms with Crippen molar-refractivity contribution in [2.45, 2.75) is 20.8 Å². The molecule has 1 N–H and O–H groups in total. The second-order valence-electron chi connectivity index (χ2n) is 4.18. The number of rotatable bonds is 2. The molecule has 17 heavy (non-hydrogen) atoms. The molecule has 1 heterocycles.